The number of carbonyl (C=O) groups is 1. The highest BCUT2D eigenvalue weighted by Gasteiger charge is 2.35. The number of rotatable bonds is 5. The van der Waals surface area contributed by atoms with Crippen LogP contribution in [-0.2, 0) is 4.79 Å². The number of hydrogen-bond donors (Lipinski definition) is 0. The fourth-order valence-corrected chi connectivity index (χ4v) is 5.07. The van der Waals surface area contributed by atoms with Crippen molar-refractivity contribution < 1.29 is 4.79 Å². The molecule has 3 aromatic heterocycles. The van der Waals surface area contributed by atoms with Crippen molar-refractivity contribution >= 4 is 34.3 Å². The van der Waals surface area contributed by atoms with Gasteiger partial charge in [-0.1, -0.05) is 31.2 Å². The van der Waals surface area contributed by atoms with Gasteiger partial charge in [0.05, 0.1) is 28.0 Å². The molecule has 1 unspecified atom stereocenters. The lowest BCUT2D eigenvalue weighted by Gasteiger charge is -2.21. The predicted molar refractivity (Wildman–Crippen MR) is 122 cm³/mol. The molecule has 1 aromatic carbocycles. The van der Waals surface area contributed by atoms with E-state index in [1.54, 1.807) is 27.7 Å². The van der Waals surface area contributed by atoms with Crippen LogP contribution >= 0.6 is 22.7 Å². The summed E-state index contributed by atoms with van der Waals surface area (Å²) in [6.45, 7) is 1.88. The molecule has 0 bridgehead atoms. The van der Waals surface area contributed by atoms with E-state index in [9.17, 15) is 4.79 Å². The number of aromatic nitrogens is 2. The van der Waals surface area contributed by atoms with Crippen LogP contribution < -0.4 is 0 Å². The third-order valence-corrected chi connectivity index (χ3v) is 6.79. The van der Waals surface area contributed by atoms with Gasteiger partial charge in [-0.2, -0.15) is 21.5 Å². The van der Waals surface area contributed by atoms with Gasteiger partial charge < -0.3 is 0 Å². The second-order valence-electron chi connectivity index (χ2n) is 7.06. The first-order chi connectivity index (χ1) is 14.7. The van der Waals surface area contributed by atoms with E-state index in [0.29, 0.717) is 12.8 Å². The minimum absolute atomic E-state index is 0.0234. The zero-order chi connectivity index (χ0) is 20.5. The molecular formula is C23H20N4OS2. The van der Waals surface area contributed by atoms with Crippen molar-refractivity contribution in [1.29, 1.82) is 0 Å². The van der Waals surface area contributed by atoms with Gasteiger partial charge in [0.1, 0.15) is 0 Å². The zero-order valence-corrected chi connectivity index (χ0v) is 18.1. The van der Waals surface area contributed by atoms with Gasteiger partial charge in [0, 0.05) is 35.5 Å². The molecule has 0 aliphatic carbocycles. The minimum Gasteiger partial charge on any atom is -0.273 e. The maximum Gasteiger partial charge on any atom is 0.242 e. The van der Waals surface area contributed by atoms with Crippen LogP contribution in [0.5, 0.6) is 0 Å². The number of nitrogens with zero attached hydrogens (tertiary/aromatic N) is 4. The Bertz CT molecular complexity index is 1180. The highest BCUT2D eigenvalue weighted by molar-refractivity contribution is 7.12. The number of thiophene rings is 2. The summed E-state index contributed by atoms with van der Waals surface area (Å²) in [6.07, 6.45) is 3.15. The molecule has 0 saturated carbocycles. The van der Waals surface area contributed by atoms with E-state index < -0.39 is 0 Å². The molecule has 0 saturated heterocycles. The number of benzene rings is 1. The van der Waals surface area contributed by atoms with Crippen LogP contribution in [-0.4, -0.2) is 26.4 Å². The van der Waals surface area contributed by atoms with Gasteiger partial charge in [-0.25, -0.2) is 9.69 Å². The molecule has 7 heteroatoms. The fraction of sp³-hybridized carbons (Fsp3) is 0.174. The summed E-state index contributed by atoms with van der Waals surface area (Å²) >= 11 is 3.30. The molecule has 1 aliphatic heterocycles. The summed E-state index contributed by atoms with van der Waals surface area (Å²) in [4.78, 5) is 13.9. The molecule has 1 amide bonds. The van der Waals surface area contributed by atoms with Crippen LogP contribution in [0.2, 0.25) is 0 Å². The van der Waals surface area contributed by atoms with E-state index in [1.807, 2.05) is 53.4 Å². The second kappa shape index (κ2) is 8.01. The van der Waals surface area contributed by atoms with Crippen LogP contribution in [0.4, 0.5) is 0 Å². The minimum atomic E-state index is -0.165. The standard InChI is InChI=1S/C23H20N4OS2/c1-2-22(28)27-20(13-19(24-27)21-9-6-11-30-21)18-14-26(17-7-4-3-5-8-17)25-23(18)16-10-12-29-15-16/h3-12,14-15,20H,2,13H2,1H3. The van der Waals surface area contributed by atoms with Gasteiger partial charge in [-0.3, -0.25) is 4.79 Å². The molecule has 0 spiro atoms. The third-order valence-electron chi connectivity index (χ3n) is 5.19. The van der Waals surface area contributed by atoms with E-state index in [4.69, 9.17) is 10.2 Å². The van der Waals surface area contributed by atoms with E-state index >= 15 is 0 Å². The van der Waals surface area contributed by atoms with Crippen molar-refractivity contribution in [3.63, 3.8) is 0 Å². The maximum absolute atomic E-state index is 12.8. The Morgan fingerprint density at radius 1 is 1.13 bits per heavy atom. The summed E-state index contributed by atoms with van der Waals surface area (Å²) in [6, 6.07) is 16.1. The monoisotopic (exact) mass is 432 g/mol. The topological polar surface area (TPSA) is 50.5 Å². The summed E-state index contributed by atoms with van der Waals surface area (Å²) < 4.78 is 1.90. The average molecular weight is 433 g/mol. The van der Waals surface area contributed by atoms with E-state index in [0.717, 1.165) is 33.1 Å². The van der Waals surface area contributed by atoms with Crippen molar-refractivity contribution in [3.8, 4) is 16.9 Å². The Morgan fingerprint density at radius 3 is 2.70 bits per heavy atom. The third kappa shape index (κ3) is 3.40. The first-order valence-electron chi connectivity index (χ1n) is 9.85. The van der Waals surface area contributed by atoms with Crippen molar-refractivity contribution in [1.82, 2.24) is 14.8 Å². The van der Waals surface area contributed by atoms with Gasteiger partial charge in [0.15, 0.2) is 0 Å². The summed E-state index contributed by atoms with van der Waals surface area (Å²) in [7, 11) is 0. The van der Waals surface area contributed by atoms with Crippen LogP contribution in [0.25, 0.3) is 16.9 Å². The van der Waals surface area contributed by atoms with Gasteiger partial charge in [-0.05, 0) is 35.0 Å². The number of carbonyl (C=O) groups excluding carboxylic acids is 1. The largest absolute Gasteiger partial charge is 0.273 e. The average Bonchev–Trinajstić information content (AvgIpc) is 3.57. The summed E-state index contributed by atoms with van der Waals surface area (Å²) in [5.74, 6) is 0.0234. The molecule has 5 rings (SSSR count). The zero-order valence-electron chi connectivity index (χ0n) is 16.4. The Balaban J connectivity index is 1.61. The SMILES string of the molecule is CCC(=O)N1N=C(c2cccs2)CC1c1cn(-c2ccccc2)nc1-c1ccsc1. The van der Waals surface area contributed by atoms with Crippen LogP contribution in [0.15, 0.2) is 76.0 Å². The van der Waals surface area contributed by atoms with Crippen molar-refractivity contribution in [2.24, 2.45) is 5.10 Å². The number of hydrogen-bond acceptors (Lipinski definition) is 5. The summed E-state index contributed by atoms with van der Waals surface area (Å²) in [5, 5.41) is 17.5. The quantitative estimate of drug-likeness (QED) is 0.403. The lowest BCUT2D eigenvalue weighted by atomic mass is 9.99. The van der Waals surface area contributed by atoms with Crippen LogP contribution in [0.3, 0.4) is 0 Å². The Labute approximate surface area is 182 Å². The molecule has 0 fully saturated rings. The van der Waals surface area contributed by atoms with Crippen molar-refractivity contribution in [2.45, 2.75) is 25.8 Å². The Morgan fingerprint density at radius 2 is 2.00 bits per heavy atom. The Hall–Kier alpha value is -3.03. The fourth-order valence-electron chi connectivity index (χ4n) is 3.70. The molecule has 4 aromatic rings. The second-order valence-corrected chi connectivity index (χ2v) is 8.79. The van der Waals surface area contributed by atoms with Gasteiger partial charge in [-0.15, -0.1) is 11.3 Å². The molecule has 30 heavy (non-hydrogen) atoms. The van der Waals surface area contributed by atoms with E-state index in [1.165, 1.54) is 0 Å². The van der Waals surface area contributed by atoms with Gasteiger partial charge in [0.25, 0.3) is 0 Å². The lowest BCUT2D eigenvalue weighted by Crippen LogP contribution is -2.26. The highest BCUT2D eigenvalue weighted by atomic mass is 32.1. The van der Waals surface area contributed by atoms with Gasteiger partial charge >= 0.3 is 0 Å². The smallest absolute Gasteiger partial charge is 0.242 e. The lowest BCUT2D eigenvalue weighted by molar-refractivity contribution is -0.132. The molecular weight excluding hydrogens is 412 g/mol. The van der Waals surface area contributed by atoms with Crippen LogP contribution in [0.1, 0.15) is 36.2 Å². The summed E-state index contributed by atoms with van der Waals surface area (Å²) in [5.41, 5.74) is 4.95. The van der Waals surface area contributed by atoms with Gasteiger partial charge in [0.2, 0.25) is 5.91 Å². The maximum atomic E-state index is 12.8. The predicted octanol–water partition coefficient (Wildman–Crippen LogP) is 5.75. The van der Waals surface area contributed by atoms with Crippen molar-refractivity contribution in [2.75, 3.05) is 0 Å². The van der Waals surface area contributed by atoms with E-state index in [-0.39, 0.29) is 11.9 Å². The highest BCUT2D eigenvalue weighted by Crippen LogP contribution is 2.39. The molecule has 0 N–H and O–H groups in total. The molecule has 0 radical (unpaired) electrons. The molecule has 4 heterocycles. The number of amides is 1. The first kappa shape index (κ1) is 19.0. The number of para-hydroxylation sites is 1. The normalized spacial score (nSPS) is 16.1. The first-order valence-corrected chi connectivity index (χ1v) is 11.7. The molecule has 150 valence electrons. The van der Waals surface area contributed by atoms with Crippen LogP contribution in [0, 0.1) is 0 Å². The van der Waals surface area contributed by atoms with Crippen molar-refractivity contribution in [3.05, 3.63) is 81.3 Å². The molecule has 5 nitrogen and oxygen atoms in total. The molecule has 1 aliphatic rings. The molecule has 1 atom stereocenters. The number of hydrazone groups is 1. The Kier molecular flexibility index (Phi) is 5.06. The van der Waals surface area contributed by atoms with E-state index in [2.05, 4.69) is 29.1 Å².